The molecule has 0 unspecified atom stereocenters. The summed E-state index contributed by atoms with van der Waals surface area (Å²) in [6.07, 6.45) is 1.81. The Bertz CT molecular complexity index is 757. The van der Waals surface area contributed by atoms with Gasteiger partial charge in [0.2, 0.25) is 11.8 Å². The van der Waals surface area contributed by atoms with E-state index in [0.29, 0.717) is 34.6 Å². The molecule has 1 fully saturated rings. The molecule has 0 saturated carbocycles. The van der Waals surface area contributed by atoms with Crippen LogP contribution in [0.3, 0.4) is 0 Å². The summed E-state index contributed by atoms with van der Waals surface area (Å²) in [6, 6.07) is 10.1. The summed E-state index contributed by atoms with van der Waals surface area (Å²) in [6.45, 7) is 0.997. The average molecular weight is 379 g/mol. The number of hydrogen-bond donors (Lipinski definition) is 0. The van der Waals surface area contributed by atoms with Crippen LogP contribution in [0.15, 0.2) is 42.6 Å². The topological polar surface area (TPSA) is 59.5 Å². The molecule has 5 nitrogen and oxygen atoms in total. The summed E-state index contributed by atoms with van der Waals surface area (Å²) in [5.41, 5.74) is 0.566. The zero-order valence-electron chi connectivity index (χ0n) is 13.3. The lowest BCUT2D eigenvalue weighted by Gasteiger charge is -2.38. The molecule has 0 atom stereocenters. The highest BCUT2D eigenvalue weighted by Crippen LogP contribution is 2.19. The van der Waals surface area contributed by atoms with Gasteiger partial charge in [-0.15, -0.1) is 0 Å². The predicted molar refractivity (Wildman–Crippen MR) is 95.3 cm³/mol. The Balaban J connectivity index is 1.40. The van der Waals surface area contributed by atoms with Gasteiger partial charge >= 0.3 is 0 Å². The highest BCUT2D eigenvalue weighted by atomic mass is 35.5. The number of carbonyl (C=O) groups is 2. The second-order valence-electron chi connectivity index (χ2n) is 5.78. The SMILES string of the molecule is O=C(CCC(=O)N1CC(Oc2ccc(Cl)cn2)C1)c1ccc(Cl)cc1. The molecule has 0 bridgehead atoms. The lowest BCUT2D eigenvalue weighted by molar-refractivity contribution is -0.140. The molecular formula is C18H16Cl2N2O3. The summed E-state index contributed by atoms with van der Waals surface area (Å²) >= 11 is 11.6. The molecule has 0 radical (unpaired) electrons. The first-order valence-electron chi connectivity index (χ1n) is 7.86. The van der Waals surface area contributed by atoms with Gasteiger partial charge in [0.15, 0.2) is 5.78 Å². The zero-order valence-corrected chi connectivity index (χ0v) is 14.8. The molecule has 130 valence electrons. The molecule has 1 aromatic heterocycles. The van der Waals surface area contributed by atoms with Crippen LogP contribution in [0.5, 0.6) is 5.88 Å². The van der Waals surface area contributed by atoms with E-state index in [9.17, 15) is 9.59 Å². The van der Waals surface area contributed by atoms with E-state index < -0.39 is 0 Å². The van der Waals surface area contributed by atoms with E-state index in [1.54, 1.807) is 41.3 Å². The van der Waals surface area contributed by atoms with Crippen LogP contribution in [0.4, 0.5) is 0 Å². The van der Waals surface area contributed by atoms with Crippen molar-refractivity contribution in [2.45, 2.75) is 18.9 Å². The molecule has 1 aliphatic heterocycles. The second kappa shape index (κ2) is 7.85. The number of Topliss-reactive ketones (excluding diaryl/α,β-unsaturated/α-hetero) is 1. The maximum Gasteiger partial charge on any atom is 0.223 e. The smallest absolute Gasteiger partial charge is 0.223 e. The van der Waals surface area contributed by atoms with E-state index >= 15 is 0 Å². The normalized spacial score (nSPS) is 14.1. The standard InChI is InChI=1S/C18H16Cl2N2O3/c19-13-3-1-12(2-4-13)16(23)6-8-18(24)22-10-15(11-22)25-17-7-5-14(20)9-21-17/h1-5,7,9,15H,6,8,10-11H2. The Labute approximate surface area is 155 Å². The van der Waals surface area contributed by atoms with Crippen LogP contribution in [-0.4, -0.2) is 40.8 Å². The van der Waals surface area contributed by atoms with Gasteiger partial charge in [0.1, 0.15) is 6.10 Å². The van der Waals surface area contributed by atoms with Crippen LogP contribution < -0.4 is 4.74 Å². The fourth-order valence-electron chi connectivity index (χ4n) is 2.48. The molecule has 0 N–H and O–H groups in total. The molecule has 25 heavy (non-hydrogen) atoms. The maximum atomic E-state index is 12.1. The molecule has 0 aliphatic carbocycles. The van der Waals surface area contributed by atoms with E-state index in [2.05, 4.69) is 4.98 Å². The van der Waals surface area contributed by atoms with E-state index in [0.717, 1.165) is 0 Å². The van der Waals surface area contributed by atoms with Crippen molar-refractivity contribution in [1.29, 1.82) is 0 Å². The second-order valence-corrected chi connectivity index (χ2v) is 6.66. The van der Waals surface area contributed by atoms with Crippen LogP contribution in [-0.2, 0) is 4.79 Å². The van der Waals surface area contributed by atoms with Crippen molar-refractivity contribution in [2.75, 3.05) is 13.1 Å². The fourth-order valence-corrected chi connectivity index (χ4v) is 2.72. The van der Waals surface area contributed by atoms with Gasteiger partial charge < -0.3 is 9.64 Å². The van der Waals surface area contributed by atoms with Gasteiger partial charge in [0, 0.05) is 35.7 Å². The van der Waals surface area contributed by atoms with Crippen molar-refractivity contribution in [3.8, 4) is 5.88 Å². The highest BCUT2D eigenvalue weighted by molar-refractivity contribution is 6.30. The zero-order chi connectivity index (χ0) is 17.8. The Morgan fingerprint density at radius 1 is 1.04 bits per heavy atom. The maximum absolute atomic E-state index is 12.1. The van der Waals surface area contributed by atoms with Gasteiger partial charge in [-0.05, 0) is 30.3 Å². The predicted octanol–water partition coefficient (Wildman–Crippen LogP) is 3.64. The van der Waals surface area contributed by atoms with Crippen molar-refractivity contribution in [2.24, 2.45) is 0 Å². The van der Waals surface area contributed by atoms with Gasteiger partial charge in [0.25, 0.3) is 0 Å². The van der Waals surface area contributed by atoms with Crippen molar-refractivity contribution < 1.29 is 14.3 Å². The van der Waals surface area contributed by atoms with Crippen molar-refractivity contribution in [3.05, 3.63) is 58.2 Å². The summed E-state index contributed by atoms with van der Waals surface area (Å²) in [5.74, 6) is 0.370. The molecule has 1 aromatic carbocycles. The lowest BCUT2D eigenvalue weighted by Crippen LogP contribution is -2.56. The average Bonchev–Trinajstić information content (AvgIpc) is 2.57. The Morgan fingerprint density at radius 3 is 2.36 bits per heavy atom. The number of benzene rings is 1. The molecule has 0 spiro atoms. The first-order valence-corrected chi connectivity index (χ1v) is 8.61. The molecular weight excluding hydrogens is 363 g/mol. The van der Waals surface area contributed by atoms with Crippen molar-refractivity contribution >= 4 is 34.9 Å². The number of pyridine rings is 1. The third-order valence-electron chi connectivity index (χ3n) is 3.92. The largest absolute Gasteiger partial charge is 0.471 e. The Morgan fingerprint density at radius 2 is 1.72 bits per heavy atom. The molecule has 3 rings (SSSR count). The molecule has 1 aliphatic rings. The molecule has 1 amide bonds. The molecule has 7 heteroatoms. The van der Waals surface area contributed by atoms with Crippen LogP contribution in [0, 0.1) is 0 Å². The number of rotatable bonds is 6. The van der Waals surface area contributed by atoms with Crippen LogP contribution in [0.2, 0.25) is 10.0 Å². The van der Waals surface area contributed by atoms with Crippen molar-refractivity contribution in [3.63, 3.8) is 0 Å². The van der Waals surface area contributed by atoms with Gasteiger partial charge in [-0.1, -0.05) is 23.2 Å². The fraction of sp³-hybridized carbons (Fsp3) is 0.278. The third kappa shape index (κ3) is 4.71. The summed E-state index contributed by atoms with van der Waals surface area (Å²) < 4.78 is 5.65. The summed E-state index contributed by atoms with van der Waals surface area (Å²) in [4.78, 5) is 29.9. The van der Waals surface area contributed by atoms with Crippen molar-refractivity contribution in [1.82, 2.24) is 9.88 Å². The minimum atomic E-state index is -0.0791. The first-order chi connectivity index (χ1) is 12.0. The molecule has 2 heterocycles. The van der Waals surface area contributed by atoms with Crippen LogP contribution >= 0.6 is 23.2 Å². The van der Waals surface area contributed by atoms with Gasteiger partial charge in [-0.25, -0.2) is 4.98 Å². The molecule has 2 aromatic rings. The number of ketones is 1. The Kier molecular flexibility index (Phi) is 5.56. The highest BCUT2D eigenvalue weighted by Gasteiger charge is 2.32. The Hall–Kier alpha value is -2.11. The number of likely N-dealkylation sites (tertiary alicyclic amines) is 1. The number of carbonyl (C=O) groups excluding carboxylic acids is 2. The third-order valence-corrected chi connectivity index (χ3v) is 4.40. The number of aromatic nitrogens is 1. The number of amides is 1. The molecule has 1 saturated heterocycles. The minimum absolute atomic E-state index is 0.0498. The quantitative estimate of drug-likeness (QED) is 0.719. The van der Waals surface area contributed by atoms with Crippen LogP contribution in [0.25, 0.3) is 0 Å². The van der Waals surface area contributed by atoms with Gasteiger partial charge in [-0.2, -0.15) is 0 Å². The monoisotopic (exact) mass is 378 g/mol. The number of ether oxygens (including phenoxy) is 1. The number of hydrogen-bond acceptors (Lipinski definition) is 4. The van der Waals surface area contributed by atoms with E-state index in [-0.39, 0.29) is 30.6 Å². The lowest BCUT2D eigenvalue weighted by atomic mass is 10.0. The van der Waals surface area contributed by atoms with E-state index in [1.807, 2.05) is 0 Å². The van der Waals surface area contributed by atoms with Gasteiger partial charge in [-0.3, -0.25) is 9.59 Å². The number of halogens is 2. The minimum Gasteiger partial charge on any atom is -0.471 e. The summed E-state index contributed by atoms with van der Waals surface area (Å²) in [5, 5.41) is 1.12. The number of nitrogens with zero attached hydrogens (tertiary/aromatic N) is 2. The van der Waals surface area contributed by atoms with E-state index in [1.165, 1.54) is 6.20 Å². The van der Waals surface area contributed by atoms with E-state index in [4.69, 9.17) is 27.9 Å². The first kappa shape index (κ1) is 17.7. The van der Waals surface area contributed by atoms with Crippen LogP contribution in [0.1, 0.15) is 23.2 Å². The summed E-state index contributed by atoms with van der Waals surface area (Å²) in [7, 11) is 0. The van der Waals surface area contributed by atoms with Gasteiger partial charge in [0.05, 0.1) is 18.1 Å².